The minimum Gasteiger partial charge on any atom is -0.396 e. The highest BCUT2D eigenvalue weighted by atomic mass is 16.3. The summed E-state index contributed by atoms with van der Waals surface area (Å²) in [5.74, 6) is -0.627. The van der Waals surface area contributed by atoms with Crippen LogP contribution >= 0.6 is 0 Å². The molecule has 7 nitrogen and oxygen atoms in total. The van der Waals surface area contributed by atoms with Gasteiger partial charge in [0.15, 0.2) is 0 Å². The molecular weight excluding hydrogens is 416 g/mol. The van der Waals surface area contributed by atoms with E-state index in [2.05, 4.69) is 15.2 Å². The largest absolute Gasteiger partial charge is 0.396 e. The first-order chi connectivity index (χ1) is 16.1. The number of nitrogens with one attached hydrogen (secondary N) is 1. The van der Waals surface area contributed by atoms with Gasteiger partial charge in [-0.25, -0.2) is 0 Å². The summed E-state index contributed by atoms with van der Waals surface area (Å²) in [7, 11) is 0. The number of aliphatic hydroxyl groups excluding tert-OH is 1. The Hall–Kier alpha value is -2.77. The van der Waals surface area contributed by atoms with Crippen molar-refractivity contribution in [3.05, 3.63) is 69.9 Å². The molecule has 2 aromatic heterocycles. The first-order valence-electron chi connectivity index (χ1n) is 12.0. The number of aliphatic hydroxyl groups is 1. The fraction of sp³-hybridized carbons (Fsp3) is 0.500. The van der Waals surface area contributed by atoms with Crippen LogP contribution in [-0.2, 0) is 17.9 Å². The standard InChI is InChI=1S/C26H32N4O3/c1-2-5-18-8-9-21-24-23(25(32)28-19-6-3-4-7-19)20(16-31)22(15-30(21)26(18)33)29(24)14-17-10-12-27-13-11-17/h2,5,8-13,19-20,22-24,31H,3-4,6-7,14-16H2,1H3,(H,28,32)/b5-2+/t20-,22-,23+,24+/m1/s1. The summed E-state index contributed by atoms with van der Waals surface area (Å²) in [5.41, 5.74) is 2.59. The number of allylic oxidation sites excluding steroid dienone is 1. The van der Waals surface area contributed by atoms with Gasteiger partial charge in [-0.05, 0) is 49.6 Å². The van der Waals surface area contributed by atoms with Gasteiger partial charge in [-0.1, -0.05) is 25.0 Å². The summed E-state index contributed by atoms with van der Waals surface area (Å²) < 4.78 is 1.83. The molecule has 0 aromatic carbocycles. The Morgan fingerprint density at radius 2 is 1.97 bits per heavy atom. The first kappa shape index (κ1) is 22.0. The number of amides is 1. The summed E-state index contributed by atoms with van der Waals surface area (Å²) in [6.07, 6.45) is 11.6. The van der Waals surface area contributed by atoms with E-state index in [0.29, 0.717) is 18.7 Å². The molecule has 1 aliphatic carbocycles. The second-order valence-corrected chi connectivity index (χ2v) is 9.53. The quantitative estimate of drug-likeness (QED) is 0.709. The maximum absolute atomic E-state index is 13.6. The highest BCUT2D eigenvalue weighted by Crippen LogP contribution is 2.49. The lowest BCUT2D eigenvalue weighted by Crippen LogP contribution is -2.46. The number of nitrogens with zero attached hydrogens (tertiary/aromatic N) is 3. The van der Waals surface area contributed by atoms with E-state index < -0.39 is 5.92 Å². The zero-order chi connectivity index (χ0) is 22.9. The van der Waals surface area contributed by atoms with Gasteiger partial charge in [0.2, 0.25) is 5.91 Å². The monoisotopic (exact) mass is 448 g/mol. The van der Waals surface area contributed by atoms with E-state index in [4.69, 9.17) is 0 Å². The van der Waals surface area contributed by atoms with Gasteiger partial charge < -0.3 is 15.0 Å². The fourth-order valence-electron chi connectivity index (χ4n) is 6.13. The van der Waals surface area contributed by atoms with Crippen molar-refractivity contribution in [2.45, 2.75) is 63.8 Å². The van der Waals surface area contributed by atoms with E-state index in [1.54, 1.807) is 12.4 Å². The third-order valence-corrected chi connectivity index (χ3v) is 7.66. The third kappa shape index (κ3) is 3.93. The van der Waals surface area contributed by atoms with Crippen LogP contribution in [0, 0.1) is 11.8 Å². The van der Waals surface area contributed by atoms with Crippen LogP contribution in [0.25, 0.3) is 6.08 Å². The normalized spacial score (nSPS) is 27.2. The molecule has 0 radical (unpaired) electrons. The Labute approximate surface area is 194 Å². The first-order valence-corrected chi connectivity index (χ1v) is 12.0. The van der Waals surface area contributed by atoms with Crippen molar-refractivity contribution < 1.29 is 9.90 Å². The van der Waals surface area contributed by atoms with Crippen LogP contribution in [0.1, 0.15) is 55.5 Å². The highest BCUT2D eigenvalue weighted by molar-refractivity contribution is 5.81. The van der Waals surface area contributed by atoms with E-state index in [1.807, 2.05) is 47.9 Å². The minimum atomic E-state index is -0.400. The zero-order valence-corrected chi connectivity index (χ0v) is 19.1. The van der Waals surface area contributed by atoms with Crippen LogP contribution in [0.3, 0.4) is 0 Å². The van der Waals surface area contributed by atoms with E-state index in [0.717, 1.165) is 36.9 Å². The summed E-state index contributed by atoms with van der Waals surface area (Å²) >= 11 is 0. The van der Waals surface area contributed by atoms with Crippen molar-refractivity contribution in [1.82, 2.24) is 19.8 Å². The molecule has 1 saturated heterocycles. The van der Waals surface area contributed by atoms with Crippen LogP contribution in [-0.4, -0.2) is 44.2 Å². The average Bonchev–Trinajstić information content (AvgIpc) is 3.40. The molecule has 2 fully saturated rings. The lowest BCUT2D eigenvalue weighted by Gasteiger charge is -2.38. The number of carbonyl (C=O) groups excluding carboxylic acids is 1. The molecule has 33 heavy (non-hydrogen) atoms. The van der Waals surface area contributed by atoms with Crippen LogP contribution in [0.4, 0.5) is 0 Å². The van der Waals surface area contributed by atoms with Gasteiger partial charge in [-0.3, -0.25) is 19.5 Å². The number of pyridine rings is 2. The Kier molecular flexibility index (Phi) is 6.17. The van der Waals surface area contributed by atoms with Gasteiger partial charge in [0.05, 0.1) is 12.0 Å². The molecule has 2 bridgehead atoms. The molecule has 2 aromatic rings. The number of hydrogen-bond acceptors (Lipinski definition) is 5. The molecule has 3 aliphatic rings. The smallest absolute Gasteiger partial charge is 0.258 e. The summed E-state index contributed by atoms with van der Waals surface area (Å²) in [6, 6.07) is 7.67. The van der Waals surface area contributed by atoms with Crippen LogP contribution in [0.15, 0.2) is 47.5 Å². The van der Waals surface area contributed by atoms with Crippen LogP contribution in [0.5, 0.6) is 0 Å². The second-order valence-electron chi connectivity index (χ2n) is 9.53. The second kappa shape index (κ2) is 9.23. The van der Waals surface area contributed by atoms with E-state index >= 15 is 0 Å². The molecular formula is C26H32N4O3. The van der Waals surface area contributed by atoms with Crippen molar-refractivity contribution in [3.8, 4) is 0 Å². The van der Waals surface area contributed by atoms with E-state index in [1.165, 1.54) is 0 Å². The Bertz CT molecular complexity index is 1090. The molecule has 7 heteroatoms. The topological polar surface area (TPSA) is 87.5 Å². The van der Waals surface area contributed by atoms with Crippen molar-refractivity contribution >= 4 is 12.0 Å². The number of carbonyl (C=O) groups is 1. The summed E-state index contributed by atoms with van der Waals surface area (Å²) in [5, 5.41) is 13.7. The molecule has 4 atom stereocenters. The van der Waals surface area contributed by atoms with Gasteiger partial charge in [0, 0.05) is 61.3 Å². The molecule has 5 rings (SSSR count). The molecule has 0 spiro atoms. The van der Waals surface area contributed by atoms with Crippen molar-refractivity contribution in [2.75, 3.05) is 6.61 Å². The Balaban J connectivity index is 1.57. The highest BCUT2D eigenvalue weighted by Gasteiger charge is 2.55. The van der Waals surface area contributed by atoms with Crippen molar-refractivity contribution in [2.24, 2.45) is 11.8 Å². The zero-order valence-electron chi connectivity index (χ0n) is 19.1. The Morgan fingerprint density at radius 3 is 2.67 bits per heavy atom. The number of hydrogen-bond donors (Lipinski definition) is 2. The SMILES string of the molecule is C/C=C/c1ccc2n(c1=O)C[C@@H]1[C@@H](CO)[C@H](C(=O)NC3CCCC3)[C@H]2N1Cc1ccncc1. The number of aromatic nitrogens is 2. The maximum Gasteiger partial charge on any atom is 0.258 e. The number of fused-ring (bicyclic) bond motifs is 4. The molecule has 1 amide bonds. The fourth-order valence-corrected chi connectivity index (χ4v) is 6.13. The Morgan fingerprint density at radius 1 is 1.21 bits per heavy atom. The van der Waals surface area contributed by atoms with Gasteiger partial charge in [-0.2, -0.15) is 0 Å². The van der Waals surface area contributed by atoms with Gasteiger partial charge >= 0.3 is 0 Å². The molecule has 2 N–H and O–H groups in total. The van der Waals surface area contributed by atoms with Gasteiger partial charge in [0.25, 0.3) is 5.56 Å². The van der Waals surface area contributed by atoms with Crippen molar-refractivity contribution in [3.63, 3.8) is 0 Å². The maximum atomic E-state index is 13.6. The van der Waals surface area contributed by atoms with Crippen LogP contribution < -0.4 is 10.9 Å². The van der Waals surface area contributed by atoms with Gasteiger partial charge in [0.1, 0.15) is 0 Å². The average molecular weight is 449 g/mol. The lowest BCUT2D eigenvalue weighted by molar-refractivity contribution is -0.128. The molecule has 1 saturated carbocycles. The summed E-state index contributed by atoms with van der Waals surface area (Å²) in [4.78, 5) is 33.3. The number of rotatable bonds is 6. The minimum absolute atomic E-state index is 0.00612. The molecule has 2 aliphatic heterocycles. The van der Waals surface area contributed by atoms with Gasteiger partial charge in [-0.15, -0.1) is 0 Å². The summed E-state index contributed by atoms with van der Waals surface area (Å²) in [6.45, 7) is 2.93. The lowest BCUT2D eigenvalue weighted by atomic mass is 9.86. The molecule has 4 heterocycles. The van der Waals surface area contributed by atoms with Crippen molar-refractivity contribution in [1.29, 1.82) is 0 Å². The molecule has 174 valence electrons. The predicted molar refractivity (Wildman–Crippen MR) is 126 cm³/mol. The third-order valence-electron chi connectivity index (χ3n) is 7.66. The molecule has 0 unspecified atom stereocenters. The van der Waals surface area contributed by atoms with E-state index in [-0.39, 0.29) is 42.1 Å². The van der Waals surface area contributed by atoms with E-state index in [9.17, 15) is 14.7 Å². The van der Waals surface area contributed by atoms with Crippen LogP contribution in [0.2, 0.25) is 0 Å². The predicted octanol–water partition coefficient (Wildman–Crippen LogP) is 2.50.